The molecule has 1 aliphatic heterocycles. The van der Waals surface area contributed by atoms with Gasteiger partial charge in [-0.25, -0.2) is 0 Å². The van der Waals surface area contributed by atoms with E-state index in [-0.39, 0.29) is 18.1 Å². The molecule has 0 N–H and O–H groups in total. The molecule has 5 heteroatoms. The van der Waals surface area contributed by atoms with Crippen LogP contribution in [0.25, 0.3) is 0 Å². The summed E-state index contributed by atoms with van der Waals surface area (Å²) in [5, 5.41) is 0.476. The lowest BCUT2D eigenvalue weighted by molar-refractivity contribution is -0.0371. The summed E-state index contributed by atoms with van der Waals surface area (Å²) in [6, 6.07) is 7.11. The van der Waals surface area contributed by atoms with Gasteiger partial charge in [-0.1, -0.05) is 23.7 Å². The molecule has 0 saturated carbocycles. The topological polar surface area (TPSA) is 29.5 Å². The molecule has 18 heavy (non-hydrogen) atoms. The number of carbonyl (C=O) groups excluding carboxylic acids is 1. The molecule has 3 nitrogen and oxygen atoms in total. The van der Waals surface area contributed by atoms with E-state index in [1.165, 1.54) is 0 Å². The molecule has 1 amide bonds. The van der Waals surface area contributed by atoms with Gasteiger partial charge >= 0.3 is 0 Å². The summed E-state index contributed by atoms with van der Waals surface area (Å²) in [6.07, 6.45) is -0.102. The molecule has 0 spiro atoms. The maximum atomic E-state index is 12.4. The van der Waals surface area contributed by atoms with Gasteiger partial charge in [0.25, 0.3) is 5.91 Å². The first-order valence-electron chi connectivity index (χ1n) is 5.86. The van der Waals surface area contributed by atoms with Crippen LogP contribution in [0.5, 0.6) is 0 Å². The van der Waals surface area contributed by atoms with Gasteiger partial charge in [0.05, 0.1) is 35.2 Å². The molecule has 1 heterocycles. The van der Waals surface area contributed by atoms with Crippen LogP contribution in [-0.4, -0.2) is 42.0 Å². The summed E-state index contributed by atoms with van der Waals surface area (Å²) < 4.78 is 5.53. The summed E-state index contributed by atoms with van der Waals surface area (Å²) in [6.45, 7) is 2.97. The highest BCUT2D eigenvalue weighted by molar-refractivity contribution is 6.33. The number of benzene rings is 1. The Hall–Kier alpha value is -0.770. The lowest BCUT2D eigenvalue weighted by Gasteiger charge is -2.37. The van der Waals surface area contributed by atoms with Gasteiger partial charge < -0.3 is 9.64 Å². The molecule has 2 atom stereocenters. The summed E-state index contributed by atoms with van der Waals surface area (Å²) in [5.41, 5.74) is 0.529. The van der Waals surface area contributed by atoms with Gasteiger partial charge in [0.2, 0.25) is 0 Å². The fraction of sp³-hybridized carbons (Fsp3) is 0.462. The molecule has 0 bridgehead atoms. The summed E-state index contributed by atoms with van der Waals surface area (Å²) in [7, 11) is 0. The second-order valence-electron chi connectivity index (χ2n) is 4.40. The van der Waals surface area contributed by atoms with Crippen LogP contribution in [0.3, 0.4) is 0 Å². The van der Waals surface area contributed by atoms with E-state index in [0.29, 0.717) is 29.6 Å². The van der Waals surface area contributed by atoms with Crippen LogP contribution in [0.2, 0.25) is 5.02 Å². The zero-order chi connectivity index (χ0) is 13.1. The van der Waals surface area contributed by atoms with Gasteiger partial charge in [-0.05, 0) is 19.1 Å². The Kier molecular flexibility index (Phi) is 4.49. The van der Waals surface area contributed by atoms with Crippen LogP contribution in [0, 0.1) is 0 Å². The molecule has 0 aromatic heterocycles. The molecule has 98 valence electrons. The molecule has 2 unspecified atom stereocenters. The number of hydrogen-bond donors (Lipinski definition) is 0. The van der Waals surface area contributed by atoms with Crippen LogP contribution in [-0.2, 0) is 4.74 Å². The van der Waals surface area contributed by atoms with Crippen molar-refractivity contribution in [2.45, 2.75) is 19.1 Å². The zero-order valence-electron chi connectivity index (χ0n) is 10.1. The standard InChI is InChI=1S/C13H15Cl2NO2/c1-9-8-18-10(6-14)7-16(9)13(17)11-4-2-3-5-12(11)15/h2-5,9-10H,6-8H2,1H3. The molecule has 0 aliphatic carbocycles. The Morgan fingerprint density at radius 3 is 2.89 bits per heavy atom. The molecular weight excluding hydrogens is 273 g/mol. The first kappa shape index (κ1) is 13.7. The predicted octanol–water partition coefficient (Wildman–Crippen LogP) is 2.81. The number of halogens is 2. The highest BCUT2D eigenvalue weighted by Gasteiger charge is 2.30. The van der Waals surface area contributed by atoms with E-state index in [0.717, 1.165) is 0 Å². The van der Waals surface area contributed by atoms with Crippen molar-refractivity contribution in [1.29, 1.82) is 0 Å². The molecule has 1 aliphatic rings. The minimum atomic E-state index is -0.102. The molecule has 2 rings (SSSR count). The van der Waals surface area contributed by atoms with Crippen molar-refractivity contribution < 1.29 is 9.53 Å². The molecule has 1 fully saturated rings. The number of morpholine rings is 1. The summed E-state index contributed by atoms with van der Waals surface area (Å²) in [5.74, 6) is 0.325. The number of hydrogen-bond acceptors (Lipinski definition) is 2. The average molecular weight is 288 g/mol. The minimum absolute atomic E-state index is 0.0354. The van der Waals surface area contributed by atoms with Crippen molar-refractivity contribution in [3.8, 4) is 0 Å². The number of ether oxygens (including phenoxy) is 1. The Balaban J connectivity index is 2.19. The monoisotopic (exact) mass is 287 g/mol. The lowest BCUT2D eigenvalue weighted by Crippen LogP contribution is -2.51. The van der Waals surface area contributed by atoms with Crippen LogP contribution in [0.4, 0.5) is 0 Å². The SMILES string of the molecule is CC1COC(CCl)CN1C(=O)c1ccccc1Cl. The Labute approximate surface area is 117 Å². The van der Waals surface area contributed by atoms with E-state index in [2.05, 4.69) is 0 Å². The van der Waals surface area contributed by atoms with Crippen molar-refractivity contribution in [2.24, 2.45) is 0 Å². The minimum Gasteiger partial charge on any atom is -0.373 e. The average Bonchev–Trinajstić information content (AvgIpc) is 2.39. The number of amides is 1. The highest BCUT2D eigenvalue weighted by Crippen LogP contribution is 2.21. The quantitative estimate of drug-likeness (QED) is 0.783. The summed E-state index contributed by atoms with van der Waals surface area (Å²) in [4.78, 5) is 14.2. The number of rotatable bonds is 2. The number of alkyl halides is 1. The normalized spacial score (nSPS) is 24.1. The first-order valence-corrected chi connectivity index (χ1v) is 6.77. The van der Waals surface area contributed by atoms with E-state index >= 15 is 0 Å². The van der Waals surface area contributed by atoms with Gasteiger partial charge in [0, 0.05) is 6.54 Å². The lowest BCUT2D eigenvalue weighted by atomic mass is 10.1. The van der Waals surface area contributed by atoms with Crippen molar-refractivity contribution in [2.75, 3.05) is 19.0 Å². The van der Waals surface area contributed by atoms with E-state index in [1.807, 2.05) is 19.1 Å². The highest BCUT2D eigenvalue weighted by atomic mass is 35.5. The molecule has 1 aromatic carbocycles. The van der Waals surface area contributed by atoms with E-state index in [4.69, 9.17) is 27.9 Å². The van der Waals surface area contributed by atoms with Crippen molar-refractivity contribution >= 4 is 29.1 Å². The fourth-order valence-electron chi connectivity index (χ4n) is 1.98. The van der Waals surface area contributed by atoms with Gasteiger partial charge in [-0.15, -0.1) is 11.6 Å². The van der Waals surface area contributed by atoms with E-state index < -0.39 is 0 Å². The van der Waals surface area contributed by atoms with Gasteiger partial charge in [-0.3, -0.25) is 4.79 Å². The third-order valence-corrected chi connectivity index (χ3v) is 3.72. The number of carbonyl (C=O) groups is 1. The third-order valence-electron chi connectivity index (χ3n) is 3.04. The Bertz CT molecular complexity index is 439. The first-order chi connectivity index (χ1) is 8.63. The van der Waals surface area contributed by atoms with Crippen molar-refractivity contribution in [3.63, 3.8) is 0 Å². The number of nitrogens with zero attached hydrogens (tertiary/aromatic N) is 1. The van der Waals surface area contributed by atoms with Crippen LogP contribution in [0.15, 0.2) is 24.3 Å². The molecule has 1 aromatic rings. The van der Waals surface area contributed by atoms with Crippen LogP contribution < -0.4 is 0 Å². The predicted molar refractivity (Wildman–Crippen MR) is 72.4 cm³/mol. The van der Waals surface area contributed by atoms with Crippen LogP contribution in [0.1, 0.15) is 17.3 Å². The smallest absolute Gasteiger partial charge is 0.255 e. The largest absolute Gasteiger partial charge is 0.373 e. The van der Waals surface area contributed by atoms with Crippen molar-refractivity contribution in [1.82, 2.24) is 4.90 Å². The second-order valence-corrected chi connectivity index (χ2v) is 5.11. The third kappa shape index (κ3) is 2.79. The molecular formula is C13H15Cl2NO2. The maximum absolute atomic E-state index is 12.4. The Morgan fingerprint density at radius 1 is 1.50 bits per heavy atom. The van der Waals surface area contributed by atoms with Gasteiger partial charge in [0.1, 0.15) is 0 Å². The summed E-state index contributed by atoms with van der Waals surface area (Å²) >= 11 is 11.8. The Morgan fingerprint density at radius 2 is 2.22 bits per heavy atom. The molecule has 1 saturated heterocycles. The fourth-order valence-corrected chi connectivity index (χ4v) is 2.39. The van der Waals surface area contributed by atoms with Crippen LogP contribution >= 0.6 is 23.2 Å². The zero-order valence-corrected chi connectivity index (χ0v) is 11.6. The maximum Gasteiger partial charge on any atom is 0.255 e. The second kappa shape index (κ2) is 5.91. The van der Waals surface area contributed by atoms with E-state index in [1.54, 1.807) is 17.0 Å². The van der Waals surface area contributed by atoms with Gasteiger partial charge in [0.15, 0.2) is 0 Å². The van der Waals surface area contributed by atoms with E-state index in [9.17, 15) is 4.79 Å². The molecule has 0 radical (unpaired) electrons. The van der Waals surface area contributed by atoms with Gasteiger partial charge in [-0.2, -0.15) is 0 Å². The van der Waals surface area contributed by atoms with Crippen molar-refractivity contribution in [3.05, 3.63) is 34.9 Å².